The number of nitrogens with zero attached hydrogens (tertiary/aromatic N) is 1. The van der Waals surface area contributed by atoms with Crippen molar-refractivity contribution in [2.45, 2.75) is 6.42 Å². The predicted octanol–water partition coefficient (Wildman–Crippen LogP) is 2.17. The van der Waals surface area contributed by atoms with Gasteiger partial charge in [0.1, 0.15) is 5.75 Å². The molecule has 0 aliphatic heterocycles. The Labute approximate surface area is 122 Å². The van der Waals surface area contributed by atoms with Gasteiger partial charge in [-0.05, 0) is 12.1 Å². The van der Waals surface area contributed by atoms with Crippen molar-refractivity contribution >= 4 is 22.4 Å². The van der Waals surface area contributed by atoms with E-state index in [1.807, 2.05) is 24.6 Å². The highest BCUT2D eigenvalue weighted by Crippen LogP contribution is 2.17. The van der Waals surface area contributed by atoms with Gasteiger partial charge in [0.05, 0.1) is 18.4 Å². The van der Waals surface area contributed by atoms with Gasteiger partial charge in [0.2, 0.25) is 0 Å². The van der Waals surface area contributed by atoms with Crippen molar-refractivity contribution in [2.75, 3.05) is 26.0 Å². The fourth-order valence-corrected chi connectivity index (χ4v) is 2.47. The molecule has 5 nitrogen and oxygen atoms in total. The summed E-state index contributed by atoms with van der Waals surface area (Å²) in [5.74, 6) is 0.447. The van der Waals surface area contributed by atoms with E-state index < -0.39 is 0 Å². The number of benzene rings is 1. The maximum Gasteiger partial charge on any atom is 0.255 e. The third kappa shape index (κ3) is 3.48. The van der Waals surface area contributed by atoms with E-state index >= 15 is 0 Å². The lowest BCUT2D eigenvalue weighted by atomic mass is 10.2. The Morgan fingerprint density at radius 3 is 2.90 bits per heavy atom. The van der Waals surface area contributed by atoms with Crippen LogP contribution in [0.3, 0.4) is 0 Å². The first-order valence-corrected chi connectivity index (χ1v) is 7.16. The van der Waals surface area contributed by atoms with E-state index in [0.717, 1.165) is 10.8 Å². The van der Waals surface area contributed by atoms with Gasteiger partial charge in [-0.25, -0.2) is 4.98 Å². The average Bonchev–Trinajstić information content (AvgIpc) is 2.95. The van der Waals surface area contributed by atoms with Gasteiger partial charge < -0.3 is 15.4 Å². The molecule has 0 aliphatic carbocycles. The maximum atomic E-state index is 12.1. The third-order valence-corrected chi connectivity index (χ3v) is 3.69. The van der Waals surface area contributed by atoms with Crippen LogP contribution in [0.15, 0.2) is 29.6 Å². The zero-order valence-electron chi connectivity index (χ0n) is 11.5. The van der Waals surface area contributed by atoms with Crippen molar-refractivity contribution in [3.63, 3.8) is 0 Å². The van der Waals surface area contributed by atoms with Crippen molar-refractivity contribution in [3.8, 4) is 5.75 Å². The summed E-state index contributed by atoms with van der Waals surface area (Å²) in [6, 6.07) is 7.17. The van der Waals surface area contributed by atoms with Gasteiger partial charge in [0.15, 0.2) is 5.13 Å². The molecule has 6 heteroatoms. The summed E-state index contributed by atoms with van der Waals surface area (Å²) < 4.78 is 5.17. The molecule has 0 fully saturated rings. The first-order chi connectivity index (χ1) is 9.74. The van der Waals surface area contributed by atoms with E-state index in [0.29, 0.717) is 24.3 Å². The van der Waals surface area contributed by atoms with Gasteiger partial charge in [-0.3, -0.25) is 4.79 Å². The number of hydrogen-bond acceptors (Lipinski definition) is 5. The summed E-state index contributed by atoms with van der Waals surface area (Å²) in [5.41, 5.74) is 1.52. The van der Waals surface area contributed by atoms with Crippen LogP contribution in [0.2, 0.25) is 0 Å². The van der Waals surface area contributed by atoms with Crippen molar-refractivity contribution in [3.05, 3.63) is 40.9 Å². The van der Waals surface area contributed by atoms with Crippen molar-refractivity contribution in [1.29, 1.82) is 0 Å². The first-order valence-electron chi connectivity index (χ1n) is 6.28. The molecule has 20 heavy (non-hydrogen) atoms. The van der Waals surface area contributed by atoms with Crippen molar-refractivity contribution < 1.29 is 9.53 Å². The third-order valence-electron chi connectivity index (χ3n) is 2.78. The SMILES string of the molecule is CNc1nc(CCNC(=O)c2ccccc2OC)cs1. The highest BCUT2D eigenvalue weighted by atomic mass is 32.1. The van der Waals surface area contributed by atoms with Crippen LogP contribution >= 0.6 is 11.3 Å². The Morgan fingerprint density at radius 2 is 2.20 bits per heavy atom. The molecule has 0 spiro atoms. The van der Waals surface area contributed by atoms with Crippen LogP contribution < -0.4 is 15.4 Å². The molecule has 1 aromatic carbocycles. The number of nitrogens with one attached hydrogen (secondary N) is 2. The lowest BCUT2D eigenvalue weighted by Gasteiger charge is -2.08. The Morgan fingerprint density at radius 1 is 1.40 bits per heavy atom. The number of thiazole rings is 1. The van der Waals surface area contributed by atoms with Crippen molar-refractivity contribution in [2.24, 2.45) is 0 Å². The molecule has 106 valence electrons. The second-order valence-corrected chi connectivity index (χ2v) is 4.96. The molecular formula is C14H17N3O2S. The van der Waals surface area contributed by atoms with E-state index in [-0.39, 0.29) is 5.91 Å². The van der Waals surface area contributed by atoms with E-state index in [2.05, 4.69) is 15.6 Å². The number of ether oxygens (including phenoxy) is 1. The number of rotatable bonds is 6. The second kappa shape index (κ2) is 6.91. The largest absolute Gasteiger partial charge is 0.496 e. The summed E-state index contributed by atoms with van der Waals surface area (Å²) in [6.07, 6.45) is 0.707. The number of carbonyl (C=O) groups is 1. The average molecular weight is 291 g/mol. The quantitative estimate of drug-likeness (QED) is 0.856. The van der Waals surface area contributed by atoms with Crippen LogP contribution in [0.1, 0.15) is 16.1 Å². The van der Waals surface area contributed by atoms with E-state index in [1.54, 1.807) is 30.6 Å². The highest BCUT2D eigenvalue weighted by molar-refractivity contribution is 7.13. The fourth-order valence-electron chi connectivity index (χ4n) is 1.77. The first kappa shape index (κ1) is 14.3. The van der Waals surface area contributed by atoms with Crippen molar-refractivity contribution in [1.82, 2.24) is 10.3 Å². The Kier molecular flexibility index (Phi) is 4.95. The number of para-hydroxylation sites is 1. The van der Waals surface area contributed by atoms with Crippen LogP contribution in [0.4, 0.5) is 5.13 Å². The van der Waals surface area contributed by atoms with Gasteiger partial charge in [-0.15, -0.1) is 11.3 Å². The fraction of sp³-hybridized carbons (Fsp3) is 0.286. The monoisotopic (exact) mass is 291 g/mol. The summed E-state index contributed by atoms with van der Waals surface area (Å²) in [5, 5.41) is 8.74. The zero-order chi connectivity index (χ0) is 14.4. The topological polar surface area (TPSA) is 63.2 Å². The molecule has 0 bridgehead atoms. The van der Waals surface area contributed by atoms with Crippen LogP contribution in [-0.4, -0.2) is 31.6 Å². The summed E-state index contributed by atoms with van der Waals surface area (Å²) in [7, 11) is 3.40. The molecule has 0 saturated carbocycles. The smallest absolute Gasteiger partial charge is 0.255 e. The Balaban J connectivity index is 1.89. The Hall–Kier alpha value is -2.08. The van der Waals surface area contributed by atoms with Gasteiger partial charge in [-0.2, -0.15) is 0 Å². The van der Waals surface area contributed by atoms with E-state index in [4.69, 9.17) is 4.74 Å². The van der Waals surface area contributed by atoms with Crippen LogP contribution in [0.5, 0.6) is 5.75 Å². The standard InChI is InChI=1S/C14H17N3O2S/c1-15-14-17-10(9-20-14)7-8-16-13(18)11-5-3-4-6-12(11)19-2/h3-6,9H,7-8H2,1-2H3,(H,15,17)(H,16,18). The lowest BCUT2D eigenvalue weighted by molar-refractivity contribution is 0.0951. The molecule has 2 N–H and O–H groups in total. The number of amides is 1. The van der Waals surface area contributed by atoms with Gasteiger partial charge in [0.25, 0.3) is 5.91 Å². The molecule has 0 saturated heterocycles. The zero-order valence-corrected chi connectivity index (χ0v) is 12.3. The van der Waals surface area contributed by atoms with Crippen LogP contribution in [-0.2, 0) is 6.42 Å². The molecule has 0 atom stereocenters. The number of hydrogen-bond donors (Lipinski definition) is 2. The molecule has 0 aliphatic rings. The molecule has 1 aromatic heterocycles. The molecule has 2 rings (SSSR count). The van der Waals surface area contributed by atoms with Crippen LogP contribution in [0.25, 0.3) is 0 Å². The number of methoxy groups -OCH3 is 1. The van der Waals surface area contributed by atoms with Gasteiger partial charge in [0, 0.05) is 25.4 Å². The van der Waals surface area contributed by atoms with Gasteiger partial charge in [-0.1, -0.05) is 12.1 Å². The number of aromatic nitrogens is 1. The highest BCUT2D eigenvalue weighted by Gasteiger charge is 2.10. The molecule has 0 unspecified atom stereocenters. The molecule has 0 radical (unpaired) electrons. The maximum absolute atomic E-state index is 12.1. The normalized spacial score (nSPS) is 10.1. The number of carbonyl (C=O) groups excluding carboxylic acids is 1. The minimum absolute atomic E-state index is 0.133. The molecule has 1 heterocycles. The summed E-state index contributed by atoms with van der Waals surface area (Å²) in [6.45, 7) is 0.545. The minimum atomic E-state index is -0.133. The summed E-state index contributed by atoms with van der Waals surface area (Å²) >= 11 is 1.56. The van der Waals surface area contributed by atoms with E-state index in [9.17, 15) is 4.79 Å². The second-order valence-electron chi connectivity index (χ2n) is 4.10. The molecule has 2 aromatic rings. The molecule has 1 amide bonds. The molecular weight excluding hydrogens is 274 g/mol. The lowest BCUT2D eigenvalue weighted by Crippen LogP contribution is -2.26. The van der Waals surface area contributed by atoms with E-state index in [1.165, 1.54) is 0 Å². The minimum Gasteiger partial charge on any atom is -0.496 e. The Bertz CT molecular complexity index is 583. The number of anilines is 1. The predicted molar refractivity (Wildman–Crippen MR) is 80.7 cm³/mol. The summed E-state index contributed by atoms with van der Waals surface area (Å²) in [4.78, 5) is 16.4. The van der Waals surface area contributed by atoms with Crippen LogP contribution in [0, 0.1) is 0 Å². The van der Waals surface area contributed by atoms with Gasteiger partial charge >= 0.3 is 0 Å².